The summed E-state index contributed by atoms with van der Waals surface area (Å²) in [5.41, 5.74) is 1.16. The summed E-state index contributed by atoms with van der Waals surface area (Å²) in [5.74, 6) is 12.2. The Morgan fingerprint density at radius 2 is 1.04 bits per heavy atom. The summed E-state index contributed by atoms with van der Waals surface area (Å²) in [7, 11) is 0. The first kappa shape index (κ1) is 16.8. The van der Waals surface area contributed by atoms with E-state index in [4.69, 9.17) is 0 Å². The molecule has 0 unspecified atom stereocenters. The summed E-state index contributed by atoms with van der Waals surface area (Å²) in [6, 6.07) is 19.3. The van der Waals surface area contributed by atoms with Gasteiger partial charge in [0.05, 0.1) is 13.2 Å². The lowest BCUT2D eigenvalue weighted by molar-refractivity contribution is 0.0628. The first-order valence-corrected chi connectivity index (χ1v) is 7.58. The predicted molar refractivity (Wildman–Crippen MR) is 92.5 cm³/mol. The lowest BCUT2D eigenvalue weighted by atomic mass is 9.83. The molecule has 0 spiro atoms. The average molecular weight is 304 g/mol. The largest absolute Gasteiger partial charge is 0.396 e. The molecule has 0 aromatic heterocycles. The van der Waals surface area contributed by atoms with E-state index in [2.05, 4.69) is 23.7 Å². The van der Waals surface area contributed by atoms with Crippen molar-refractivity contribution in [3.63, 3.8) is 0 Å². The van der Waals surface area contributed by atoms with Crippen molar-refractivity contribution in [2.24, 2.45) is 5.41 Å². The fourth-order valence-corrected chi connectivity index (χ4v) is 2.05. The molecule has 0 saturated carbocycles. The minimum atomic E-state index is -0.691. The molecule has 0 saturated heterocycles. The maximum Gasteiger partial charge on any atom is 0.0527 e. The van der Waals surface area contributed by atoms with Crippen molar-refractivity contribution in [1.29, 1.82) is 0 Å². The van der Waals surface area contributed by atoms with Gasteiger partial charge in [-0.25, -0.2) is 0 Å². The van der Waals surface area contributed by atoms with Crippen LogP contribution in [-0.2, 0) is 0 Å². The van der Waals surface area contributed by atoms with Crippen LogP contribution in [0.5, 0.6) is 0 Å². The highest BCUT2D eigenvalue weighted by Gasteiger charge is 2.26. The minimum absolute atomic E-state index is 0.142. The molecule has 0 aliphatic heterocycles. The highest BCUT2D eigenvalue weighted by Crippen LogP contribution is 2.24. The van der Waals surface area contributed by atoms with Crippen molar-refractivity contribution in [3.8, 4) is 23.7 Å². The molecule has 0 bridgehead atoms. The van der Waals surface area contributed by atoms with Gasteiger partial charge < -0.3 is 10.2 Å². The van der Waals surface area contributed by atoms with Gasteiger partial charge in [0.15, 0.2) is 0 Å². The second-order valence-electron chi connectivity index (χ2n) is 5.51. The van der Waals surface area contributed by atoms with Crippen molar-refractivity contribution >= 4 is 0 Å². The van der Waals surface area contributed by atoms with Crippen LogP contribution in [0.3, 0.4) is 0 Å². The maximum absolute atomic E-state index is 9.68. The van der Waals surface area contributed by atoms with E-state index in [1.165, 1.54) is 0 Å². The molecule has 0 amide bonds. The number of benzene rings is 2. The molecule has 0 atom stereocenters. The van der Waals surface area contributed by atoms with E-state index in [1.807, 2.05) is 60.7 Å². The molecule has 23 heavy (non-hydrogen) atoms. The zero-order valence-electron chi connectivity index (χ0n) is 13.0. The van der Waals surface area contributed by atoms with Crippen LogP contribution in [0, 0.1) is 29.1 Å². The summed E-state index contributed by atoms with van der Waals surface area (Å²) in [5, 5.41) is 19.4. The first-order chi connectivity index (χ1) is 11.3. The molecule has 116 valence electrons. The van der Waals surface area contributed by atoms with Gasteiger partial charge in [0, 0.05) is 29.4 Å². The third-order valence-corrected chi connectivity index (χ3v) is 3.61. The van der Waals surface area contributed by atoms with Crippen LogP contribution in [0.2, 0.25) is 0 Å². The van der Waals surface area contributed by atoms with Gasteiger partial charge in [-0.3, -0.25) is 0 Å². The average Bonchev–Trinajstić information content (AvgIpc) is 2.62. The summed E-state index contributed by atoms with van der Waals surface area (Å²) >= 11 is 0. The smallest absolute Gasteiger partial charge is 0.0527 e. The van der Waals surface area contributed by atoms with E-state index in [-0.39, 0.29) is 13.2 Å². The molecule has 0 fully saturated rings. The van der Waals surface area contributed by atoms with Crippen LogP contribution >= 0.6 is 0 Å². The van der Waals surface area contributed by atoms with Gasteiger partial charge in [0.25, 0.3) is 0 Å². The van der Waals surface area contributed by atoms with Crippen LogP contribution in [0.1, 0.15) is 24.0 Å². The highest BCUT2D eigenvalue weighted by molar-refractivity contribution is 5.35. The Morgan fingerprint density at radius 1 is 0.652 bits per heavy atom. The quantitative estimate of drug-likeness (QED) is 0.853. The molecule has 2 nitrogen and oxygen atoms in total. The number of rotatable bonds is 4. The predicted octanol–water partition coefficient (Wildman–Crippen LogP) is 2.84. The molecule has 0 radical (unpaired) electrons. The van der Waals surface area contributed by atoms with Crippen molar-refractivity contribution in [2.45, 2.75) is 12.8 Å². The lowest BCUT2D eigenvalue weighted by Gasteiger charge is -2.24. The van der Waals surface area contributed by atoms with Crippen LogP contribution in [-0.4, -0.2) is 23.4 Å². The van der Waals surface area contributed by atoms with Crippen LogP contribution in [0.15, 0.2) is 60.7 Å². The molecule has 2 aromatic carbocycles. The monoisotopic (exact) mass is 304 g/mol. The Hall–Kier alpha value is -2.52. The van der Waals surface area contributed by atoms with Crippen molar-refractivity contribution in [3.05, 3.63) is 71.8 Å². The Morgan fingerprint density at radius 3 is 1.39 bits per heavy atom. The number of hydrogen-bond acceptors (Lipinski definition) is 2. The molecule has 0 aliphatic rings. The first-order valence-electron chi connectivity index (χ1n) is 7.58. The normalized spacial score (nSPS) is 10.2. The van der Waals surface area contributed by atoms with E-state index >= 15 is 0 Å². The van der Waals surface area contributed by atoms with Gasteiger partial charge in [-0.05, 0) is 24.3 Å². The molecule has 0 heterocycles. The zero-order chi connectivity index (χ0) is 16.4. The van der Waals surface area contributed by atoms with Gasteiger partial charge in [-0.2, -0.15) is 0 Å². The maximum atomic E-state index is 9.68. The fourth-order valence-electron chi connectivity index (χ4n) is 2.05. The molecule has 0 aliphatic carbocycles. The second-order valence-corrected chi connectivity index (χ2v) is 5.51. The van der Waals surface area contributed by atoms with E-state index in [1.54, 1.807) is 0 Å². The Bertz CT molecular complexity index is 647. The molecular formula is C21H20O2. The van der Waals surface area contributed by atoms with Gasteiger partial charge >= 0.3 is 0 Å². The molecule has 2 N–H and O–H groups in total. The summed E-state index contributed by atoms with van der Waals surface area (Å²) < 4.78 is 0. The van der Waals surface area contributed by atoms with Gasteiger partial charge in [-0.15, -0.1) is 0 Å². The molecule has 2 rings (SSSR count). The zero-order valence-corrected chi connectivity index (χ0v) is 13.0. The Kier molecular flexibility index (Phi) is 6.45. The van der Waals surface area contributed by atoms with Crippen molar-refractivity contribution < 1.29 is 10.2 Å². The second kappa shape index (κ2) is 8.81. The summed E-state index contributed by atoms with van der Waals surface area (Å²) in [6.07, 6.45) is 0.802. The van der Waals surface area contributed by atoms with Crippen molar-refractivity contribution in [2.75, 3.05) is 13.2 Å². The molecule has 2 heteroatoms. The van der Waals surface area contributed by atoms with E-state index in [9.17, 15) is 10.2 Å². The van der Waals surface area contributed by atoms with Gasteiger partial charge in [0.2, 0.25) is 0 Å². The summed E-state index contributed by atoms with van der Waals surface area (Å²) in [6.45, 7) is -0.285. The van der Waals surface area contributed by atoms with E-state index < -0.39 is 5.41 Å². The Labute approximate surface area is 137 Å². The molecule has 2 aromatic rings. The number of aliphatic hydroxyl groups is 2. The van der Waals surface area contributed by atoms with Gasteiger partial charge in [-0.1, -0.05) is 60.1 Å². The standard InChI is InChI=1S/C21H20O2/c22-17-21(18-23,15-7-13-19-9-3-1-4-10-19)16-8-14-20-11-5-2-6-12-20/h1-6,9-12,22-23H,15-18H2. The fraction of sp³-hybridized carbons (Fsp3) is 0.238. The van der Waals surface area contributed by atoms with E-state index in [0.29, 0.717) is 12.8 Å². The Balaban J connectivity index is 2.04. The molecular weight excluding hydrogens is 284 g/mol. The topological polar surface area (TPSA) is 40.5 Å². The lowest BCUT2D eigenvalue weighted by Crippen LogP contribution is -2.29. The van der Waals surface area contributed by atoms with Crippen LogP contribution in [0.25, 0.3) is 0 Å². The summed E-state index contributed by atoms with van der Waals surface area (Å²) in [4.78, 5) is 0. The SMILES string of the molecule is OCC(CO)(CC#Cc1ccccc1)CC#Cc1ccccc1. The number of hydrogen-bond donors (Lipinski definition) is 2. The van der Waals surface area contributed by atoms with Crippen LogP contribution in [0.4, 0.5) is 0 Å². The minimum Gasteiger partial charge on any atom is -0.396 e. The third kappa shape index (κ3) is 5.31. The number of aliphatic hydroxyl groups excluding tert-OH is 2. The van der Waals surface area contributed by atoms with E-state index in [0.717, 1.165) is 11.1 Å². The third-order valence-electron chi connectivity index (χ3n) is 3.61. The van der Waals surface area contributed by atoms with Crippen LogP contribution < -0.4 is 0 Å². The van der Waals surface area contributed by atoms with Crippen molar-refractivity contribution in [1.82, 2.24) is 0 Å². The van der Waals surface area contributed by atoms with Gasteiger partial charge in [0.1, 0.15) is 0 Å². The highest BCUT2D eigenvalue weighted by atomic mass is 16.3.